The summed E-state index contributed by atoms with van der Waals surface area (Å²) in [5.41, 5.74) is 16.3. The lowest BCUT2D eigenvalue weighted by molar-refractivity contribution is -0.329. The zero-order valence-corrected chi connectivity index (χ0v) is 24.1. The Labute approximate surface area is 255 Å². The van der Waals surface area contributed by atoms with Crippen LogP contribution in [0.5, 0.6) is 0 Å². The van der Waals surface area contributed by atoms with Gasteiger partial charge < -0.3 is 0 Å². The molecule has 3 heteroatoms. The van der Waals surface area contributed by atoms with Crippen molar-refractivity contribution in [3.63, 3.8) is 0 Å². The van der Waals surface area contributed by atoms with Crippen molar-refractivity contribution in [2.24, 2.45) is 0 Å². The molecule has 3 nitrogen and oxygen atoms in total. The molecule has 6 aromatic carbocycles. The molecule has 0 fully saturated rings. The number of imidazole rings is 1. The molecular formula is C41H28N3+. The summed E-state index contributed by atoms with van der Waals surface area (Å²) in [5, 5.41) is 2.65. The molecule has 0 atom stereocenters. The molecule has 0 unspecified atom stereocenters. The summed E-state index contributed by atoms with van der Waals surface area (Å²) in [6.07, 6.45) is 6.67. The molecule has 10 rings (SSSR count). The van der Waals surface area contributed by atoms with Crippen molar-refractivity contribution in [2.75, 3.05) is 4.90 Å². The smallest absolute Gasteiger partial charge is 0.240 e. The third-order valence-corrected chi connectivity index (χ3v) is 9.59. The van der Waals surface area contributed by atoms with Crippen molar-refractivity contribution in [1.82, 2.24) is 4.57 Å². The highest BCUT2D eigenvalue weighted by molar-refractivity contribution is 6.16. The van der Waals surface area contributed by atoms with Gasteiger partial charge in [0.2, 0.25) is 0 Å². The zero-order valence-electron chi connectivity index (χ0n) is 24.1. The first-order chi connectivity index (χ1) is 21.8. The Morgan fingerprint density at radius 2 is 1.36 bits per heavy atom. The number of allylic oxidation sites excluding steroid dienone is 4. The molecule has 7 aromatic rings. The van der Waals surface area contributed by atoms with Crippen molar-refractivity contribution in [1.29, 1.82) is 0 Å². The van der Waals surface area contributed by atoms with Gasteiger partial charge in [0.05, 0.1) is 5.70 Å². The van der Waals surface area contributed by atoms with E-state index in [0.29, 0.717) is 0 Å². The Balaban J connectivity index is 1.21. The van der Waals surface area contributed by atoms with Crippen molar-refractivity contribution >= 4 is 50.4 Å². The predicted octanol–water partition coefficient (Wildman–Crippen LogP) is 10.4. The monoisotopic (exact) mass is 562 g/mol. The number of aromatic amines is 1. The first kappa shape index (κ1) is 23.8. The van der Waals surface area contributed by atoms with Crippen LogP contribution in [0.15, 0.2) is 140 Å². The molecular weight excluding hydrogens is 534 g/mol. The average Bonchev–Trinajstić information content (AvgIpc) is 3.59. The molecule has 1 aliphatic heterocycles. The second-order valence-electron chi connectivity index (χ2n) is 12.0. The van der Waals surface area contributed by atoms with Crippen molar-refractivity contribution in [3.05, 3.63) is 145 Å². The van der Waals surface area contributed by atoms with Gasteiger partial charge in [-0.2, -0.15) is 9.47 Å². The maximum Gasteiger partial charge on any atom is 0.373 e. The highest BCUT2D eigenvalue weighted by Gasteiger charge is 2.36. The highest BCUT2D eigenvalue weighted by Crippen LogP contribution is 2.50. The first-order valence-electron chi connectivity index (χ1n) is 15.4. The van der Waals surface area contributed by atoms with E-state index in [1.165, 1.54) is 72.2 Å². The summed E-state index contributed by atoms with van der Waals surface area (Å²) in [6.45, 7) is 0. The number of hydrogen-bond donors (Lipinski definition) is 0. The Kier molecular flexibility index (Phi) is 4.83. The molecule has 0 saturated heterocycles. The molecule has 1 N–H and O–H groups in total. The van der Waals surface area contributed by atoms with E-state index >= 15 is 0 Å². The first-order valence-corrected chi connectivity index (χ1v) is 15.4. The Morgan fingerprint density at radius 1 is 0.591 bits per heavy atom. The number of H-pyrrole nitrogens is 1. The lowest BCUT2D eigenvalue weighted by Crippen LogP contribution is -2.21. The number of anilines is 3. The molecule has 44 heavy (non-hydrogen) atoms. The number of para-hydroxylation sites is 3. The molecule has 0 amide bonds. The maximum atomic E-state index is 3.83. The van der Waals surface area contributed by atoms with E-state index in [1.54, 1.807) is 0 Å². The second-order valence-corrected chi connectivity index (χ2v) is 12.0. The number of fused-ring (bicyclic) bond motifs is 9. The molecule has 2 heterocycles. The van der Waals surface area contributed by atoms with Crippen LogP contribution in [-0.4, -0.2) is 4.57 Å². The van der Waals surface area contributed by atoms with Crippen LogP contribution in [0.2, 0.25) is 0 Å². The van der Waals surface area contributed by atoms with E-state index in [2.05, 4.69) is 154 Å². The van der Waals surface area contributed by atoms with Crippen LogP contribution in [0.3, 0.4) is 0 Å². The Morgan fingerprint density at radius 3 is 2.30 bits per heavy atom. The van der Waals surface area contributed by atoms with Crippen LogP contribution in [-0.2, 0) is 0 Å². The van der Waals surface area contributed by atoms with Gasteiger partial charge in [0.25, 0.3) is 0 Å². The lowest BCUT2D eigenvalue weighted by Gasteiger charge is -2.19. The molecule has 3 aliphatic rings. The Bertz CT molecular complexity index is 2400. The van der Waals surface area contributed by atoms with Gasteiger partial charge in [-0.3, -0.25) is 0 Å². The topological polar surface area (TPSA) is 22.3 Å². The fourth-order valence-corrected chi connectivity index (χ4v) is 7.70. The van der Waals surface area contributed by atoms with Crippen LogP contribution in [0.25, 0.3) is 66.5 Å². The van der Waals surface area contributed by atoms with Gasteiger partial charge in [0.15, 0.2) is 0 Å². The van der Waals surface area contributed by atoms with Crippen molar-refractivity contribution in [2.45, 2.75) is 12.8 Å². The normalized spacial score (nSPS) is 14.4. The number of aromatic nitrogens is 2. The average molecular weight is 563 g/mol. The van der Waals surface area contributed by atoms with E-state index in [9.17, 15) is 0 Å². The quantitative estimate of drug-likeness (QED) is 0.205. The highest BCUT2D eigenvalue weighted by atomic mass is 15.3. The molecule has 1 aromatic heterocycles. The van der Waals surface area contributed by atoms with Gasteiger partial charge in [-0.1, -0.05) is 97.1 Å². The number of rotatable bonds is 2. The van der Waals surface area contributed by atoms with E-state index in [1.807, 2.05) is 0 Å². The third-order valence-electron chi connectivity index (χ3n) is 9.59. The van der Waals surface area contributed by atoms with Crippen LogP contribution in [0, 0.1) is 0 Å². The number of benzene rings is 6. The summed E-state index contributed by atoms with van der Waals surface area (Å²) < 4.78 is 2.45. The summed E-state index contributed by atoms with van der Waals surface area (Å²) in [7, 11) is 0. The van der Waals surface area contributed by atoms with Gasteiger partial charge in [-0.05, 0) is 93.0 Å². The summed E-state index contributed by atoms with van der Waals surface area (Å²) >= 11 is 0. The fraction of sp³-hybridized carbons (Fsp3) is 0.0488. The van der Waals surface area contributed by atoms with E-state index < -0.39 is 0 Å². The lowest BCUT2D eigenvalue weighted by atomic mass is 9.94. The molecule has 0 bridgehead atoms. The fourth-order valence-electron chi connectivity index (χ4n) is 7.70. The summed E-state index contributed by atoms with van der Waals surface area (Å²) in [5.74, 6) is 1.06. The molecule has 0 radical (unpaired) electrons. The number of nitrogens with zero attached hydrogens (tertiary/aromatic N) is 2. The minimum Gasteiger partial charge on any atom is -0.240 e. The van der Waals surface area contributed by atoms with Gasteiger partial charge in [-0.15, -0.1) is 0 Å². The molecule has 0 spiro atoms. The number of nitrogens with one attached hydrogen (secondary N) is 1. The minimum atomic E-state index is 0.997. The van der Waals surface area contributed by atoms with Crippen LogP contribution >= 0.6 is 0 Å². The third kappa shape index (κ3) is 3.24. The van der Waals surface area contributed by atoms with Crippen LogP contribution < -0.4 is 9.88 Å². The largest absolute Gasteiger partial charge is 0.373 e. The number of hydrogen-bond acceptors (Lipinski definition) is 1. The SMILES string of the molecule is C1=CC2=C(CC1)n1c([nH+]c3ccccc31)N(c1cccc(-c3cc4c5c(cccc5c3)-c3ccccc3-4)c1)c1ccccc12. The Hall–Kier alpha value is -5.67. The van der Waals surface area contributed by atoms with E-state index in [-0.39, 0.29) is 0 Å². The van der Waals surface area contributed by atoms with Gasteiger partial charge in [0.1, 0.15) is 22.4 Å². The van der Waals surface area contributed by atoms with Crippen LogP contribution in [0.1, 0.15) is 18.4 Å². The van der Waals surface area contributed by atoms with Gasteiger partial charge in [-0.25, -0.2) is 4.98 Å². The molecule has 206 valence electrons. The second kappa shape index (κ2) is 8.92. The summed E-state index contributed by atoms with van der Waals surface area (Å²) in [4.78, 5) is 6.24. The van der Waals surface area contributed by atoms with Crippen molar-refractivity contribution < 1.29 is 4.98 Å². The van der Waals surface area contributed by atoms with Gasteiger partial charge >= 0.3 is 5.95 Å². The molecule has 2 aliphatic carbocycles. The zero-order chi connectivity index (χ0) is 28.8. The minimum absolute atomic E-state index is 0.997. The maximum absolute atomic E-state index is 3.83. The van der Waals surface area contributed by atoms with Crippen LogP contribution in [0.4, 0.5) is 17.3 Å². The van der Waals surface area contributed by atoms with Crippen molar-refractivity contribution in [3.8, 4) is 33.4 Å². The standard InChI is InChI=1S/C41H27N3/c1-2-15-31-30(14-1)34-18-10-12-27-23-28(25-35(31)40(27)34)26-11-9-13-29(24-26)43-37-20-6-3-16-32(37)33-17-4-7-21-38(33)44-39-22-8-5-19-36(39)42-41(43)44/h1-6,8-20,22-25H,7,21H2/p+1. The van der Waals surface area contributed by atoms with Gasteiger partial charge in [0, 0.05) is 17.6 Å². The molecule has 0 saturated carbocycles. The summed E-state index contributed by atoms with van der Waals surface area (Å²) in [6, 6.07) is 46.8. The predicted molar refractivity (Wildman–Crippen MR) is 182 cm³/mol. The van der Waals surface area contributed by atoms with E-state index in [0.717, 1.165) is 30.0 Å². The van der Waals surface area contributed by atoms with E-state index in [4.69, 9.17) is 0 Å².